The number of hydrogen-bond acceptors (Lipinski definition) is 2. The van der Waals surface area contributed by atoms with E-state index in [1.54, 1.807) is 0 Å². The molecule has 108 valence electrons. The van der Waals surface area contributed by atoms with E-state index in [9.17, 15) is 0 Å². The lowest BCUT2D eigenvalue weighted by Gasteiger charge is -2.19. The third-order valence-corrected chi connectivity index (χ3v) is 3.48. The van der Waals surface area contributed by atoms with Gasteiger partial charge in [-0.05, 0) is 29.5 Å². The molecule has 0 amide bonds. The zero-order valence-corrected chi connectivity index (χ0v) is 13.0. The molecule has 0 saturated carbocycles. The molecule has 0 atom stereocenters. The number of unbranched alkanes of at least 4 members (excludes halogenated alkanes) is 1. The number of nitrogens with zero attached hydrogens (tertiary/aromatic N) is 2. The maximum absolute atomic E-state index is 4.39. The van der Waals surface area contributed by atoms with Crippen LogP contribution in [-0.4, -0.2) is 9.55 Å². The summed E-state index contributed by atoms with van der Waals surface area (Å²) >= 11 is 0. The van der Waals surface area contributed by atoms with Crippen LogP contribution in [0.2, 0.25) is 0 Å². The molecule has 0 aliphatic carbocycles. The first kappa shape index (κ1) is 14.6. The molecule has 0 aliphatic rings. The zero-order chi connectivity index (χ0) is 14.6. The third-order valence-electron chi connectivity index (χ3n) is 3.48. The summed E-state index contributed by atoms with van der Waals surface area (Å²) in [6, 6.07) is 8.61. The molecule has 0 saturated heterocycles. The Kier molecular flexibility index (Phi) is 4.48. The monoisotopic (exact) mass is 271 g/mol. The Morgan fingerprint density at radius 2 is 1.85 bits per heavy atom. The largest absolute Gasteiger partial charge is 0.326 e. The molecular weight excluding hydrogens is 246 g/mol. The molecule has 3 heteroatoms. The van der Waals surface area contributed by atoms with Gasteiger partial charge in [0, 0.05) is 24.6 Å². The van der Waals surface area contributed by atoms with Gasteiger partial charge in [0.25, 0.3) is 0 Å². The van der Waals surface area contributed by atoms with Crippen molar-refractivity contribution >= 4 is 11.6 Å². The second-order valence-corrected chi connectivity index (χ2v) is 6.25. The van der Waals surface area contributed by atoms with Crippen molar-refractivity contribution in [3.05, 3.63) is 42.2 Å². The van der Waals surface area contributed by atoms with Crippen molar-refractivity contribution in [1.29, 1.82) is 0 Å². The Hall–Kier alpha value is -1.77. The molecule has 20 heavy (non-hydrogen) atoms. The predicted octanol–water partition coefficient (Wildman–Crippen LogP) is 4.72. The van der Waals surface area contributed by atoms with Crippen LogP contribution in [0.25, 0.3) is 0 Å². The smallest absolute Gasteiger partial charge is 0.207 e. The van der Waals surface area contributed by atoms with Crippen LogP contribution in [0.4, 0.5) is 11.6 Å². The third kappa shape index (κ3) is 3.62. The molecule has 0 unspecified atom stereocenters. The van der Waals surface area contributed by atoms with E-state index >= 15 is 0 Å². The van der Waals surface area contributed by atoms with E-state index < -0.39 is 0 Å². The molecule has 0 aliphatic heterocycles. The van der Waals surface area contributed by atoms with E-state index in [2.05, 4.69) is 66.8 Å². The van der Waals surface area contributed by atoms with E-state index in [1.807, 2.05) is 12.4 Å². The van der Waals surface area contributed by atoms with Crippen LogP contribution in [0.1, 0.15) is 46.1 Å². The SMILES string of the molecule is CCCCn1ccnc1Nc1ccc(C(C)(C)C)cc1. The summed E-state index contributed by atoms with van der Waals surface area (Å²) in [7, 11) is 0. The van der Waals surface area contributed by atoms with Crippen LogP contribution in [0, 0.1) is 0 Å². The average molecular weight is 271 g/mol. The maximum Gasteiger partial charge on any atom is 0.207 e. The summed E-state index contributed by atoms with van der Waals surface area (Å²) in [5, 5.41) is 3.39. The highest BCUT2D eigenvalue weighted by atomic mass is 15.2. The minimum atomic E-state index is 0.193. The van der Waals surface area contributed by atoms with Crippen molar-refractivity contribution < 1.29 is 0 Å². The lowest BCUT2D eigenvalue weighted by atomic mass is 9.87. The van der Waals surface area contributed by atoms with Crippen molar-refractivity contribution in [1.82, 2.24) is 9.55 Å². The molecule has 0 radical (unpaired) electrons. The number of hydrogen-bond donors (Lipinski definition) is 1. The topological polar surface area (TPSA) is 29.9 Å². The Morgan fingerprint density at radius 3 is 2.45 bits per heavy atom. The first-order chi connectivity index (χ1) is 9.50. The van der Waals surface area contributed by atoms with Crippen molar-refractivity contribution in [3.63, 3.8) is 0 Å². The molecule has 0 spiro atoms. The van der Waals surface area contributed by atoms with Gasteiger partial charge < -0.3 is 9.88 Å². The predicted molar refractivity (Wildman–Crippen MR) is 85.6 cm³/mol. The maximum atomic E-state index is 4.39. The Bertz CT molecular complexity index is 532. The van der Waals surface area contributed by atoms with Crippen molar-refractivity contribution in [3.8, 4) is 0 Å². The van der Waals surface area contributed by atoms with Crippen LogP contribution in [-0.2, 0) is 12.0 Å². The molecule has 0 bridgehead atoms. The Labute approximate surface area is 122 Å². The van der Waals surface area contributed by atoms with Crippen LogP contribution >= 0.6 is 0 Å². The zero-order valence-electron chi connectivity index (χ0n) is 13.0. The average Bonchev–Trinajstić information content (AvgIpc) is 2.83. The number of imidazole rings is 1. The van der Waals surface area contributed by atoms with Crippen LogP contribution in [0.5, 0.6) is 0 Å². The van der Waals surface area contributed by atoms with E-state index in [-0.39, 0.29) is 5.41 Å². The minimum absolute atomic E-state index is 0.193. The summed E-state index contributed by atoms with van der Waals surface area (Å²) in [6.07, 6.45) is 6.24. The number of aromatic nitrogens is 2. The van der Waals surface area contributed by atoms with Gasteiger partial charge in [0.1, 0.15) is 0 Å². The summed E-state index contributed by atoms with van der Waals surface area (Å²) < 4.78 is 2.17. The standard InChI is InChI=1S/C17H25N3/c1-5-6-12-20-13-11-18-16(20)19-15-9-7-14(8-10-15)17(2,3)4/h7-11,13H,5-6,12H2,1-4H3,(H,18,19). The first-order valence-electron chi connectivity index (χ1n) is 7.39. The van der Waals surface area contributed by atoms with E-state index in [1.165, 1.54) is 18.4 Å². The van der Waals surface area contributed by atoms with Gasteiger partial charge in [-0.3, -0.25) is 0 Å². The molecule has 2 aromatic rings. The van der Waals surface area contributed by atoms with E-state index in [4.69, 9.17) is 0 Å². The summed E-state index contributed by atoms with van der Waals surface area (Å²) in [5.74, 6) is 0.918. The van der Waals surface area contributed by atoms with Gasteiger partial charge in [-0.15, -0.1) is 0 Å². The lowest BCUT2D eigenvalue weighted by molar-refractivity contribution is 0.590. The van der Waals surface area contributed by atoms with Gasteiger partial charge >= 0.3 is 0 Å². The van der Waals surface area contributed by atoms with Crippen LogP contribution in [0.3, 0.4) is 0 Å². The van der Waals surface area contributed by atoms with Gasteiger partial charge in [0.15, 0.2) is 0 Å². The molecule has 1 aromatic carbocycles. The second kappa shape index (κ2) is 6.12. The van der Waals surface area contributed by atoms with E-state index in [0.29, 0.717) is 0 Å². The quantitative estimate of drug-likeness (QED) is 0.852. The van der Waals surface area contributed by atoms with Gasteiger partial charge in [-0.25, -0.2) is 4.98 Å². The minimum Gasteiger partial charge on any atom is -0.326 e. The molecule has 0 fully saturated rings. The molecule has 1 heterocycles. The molecule has 1 aromatic heterocycles. The van der Waals surface area contributed by atoms with Crippen molar-refractivity contribution in [2.75, 3.05) is 5.32 Å². The first-order valence-corrected chi connectivity index (χ1v) is 7.39. The molecule has 3 nitrogen and oxygen atoms in total. The summed E-state index contributed by atoms with van der Waals surface area (Å²) in [6.45, 7) is 9.90. The summed E-state index contributed by atoms with van der Waals surface area (Å²) in [4.78, 5) is 4.39. The van der Waals surface area contributed by atoms with Crippen molar-refractivity contribution in [2.24, 2.45) is 0 Å². The van der Waals surface area contributed by atoms with Crippen LogP contribution in [0.15, 0.2) is 36.7 Å². The fourth-order valence-electron chi connectivity index (χ4n) is 2.12. The molecular formula is C17H25N3. The Balaban J connectivity index is 2.09. The number of anilines is 2. The normalized spacial score (nSPS) is 11.6. The molecule has 1 N–H and O–H groups in total. The highest BCUT2D eigenvalue weighted by molar-refractivity contribution is 5.54. The number of rotatable bonds is 5. The van der Waals surface area contributed by atoms with Crippen molar-refractivity contribution in [2.45, 2.75) is 52.5 Å². The fraction of sp³-hybridized carbons (Fsp3) is 0.471. The van der Waals surface area contributed by atoms with Gasteiger partial charge in [0.05, 0.1) is 0 Å². The number of benzene rings is 1. The fourth-order valence-corrected chi connectivity index (χ4v) is 2.12. The van der Waals surface area contributed by atoms with Gasteiger partial charge in [0.2, 0.25) is 5.95 Å². The lowest BCUT2D eigenvalue weighted by Crippen LogP contribution is -2.10. The second-order valence-electron chi connectivity index (χ2n) is 6.25. The highest BCUT2D eigenvalue weighted by Gasteiger charge is 2.13. The summed E-state index contributed by atoms with van der Waals surface area (Å²) in [5.41, 5.74) is 2.62. The van der Waals surface area contributed by atoms with Crippen LogP contribution < -0.4 is 5.32 Å². The Morgan fingerprint density at radius 1 is 1.15 bits per heavy atom. The highest BCUT2D eigenvalue weighted by Crippen LogP contribution is 2.24. The number of aryl methyl sites for hydroxylation is 1. The number of nitrogens with one attached hydrogen (secondary N) is 1. The van der Waals surface area contributed by atoms with E-state index in [0.717, 1.165) is 18.2 Å². The molecule has 2 rings (SSSR count). The van der Waals surface area contributed by atoms with Gasteiger partial charge in [-0.1, -0.05) is 46.2 Å². The van der Waals surface area contributed by atoms with Gasteiger partial charge in [-0.2, -0.15) is 0 Å².